The summed E-state index contributed by atoms with van der Waals surface area (Å²) in [4.78, 5) is 14.4. The van der Waals surface area contributed by atoms with Crippen molar-refractivity contribution in [1.82, 2.24) is 4.90 Å². The lowest BCUT2D eigenvalue weighted by atomic mass is 9.84. The van der Waals surface area contributed by atoms with Gasteiger partial charge < -0.3 is 0 Å². The van der Waals surface area contributed by atoms with E-state index in [9.17, 15) is 4.79 Å². The van der Waals surface area contributed by atoms with Crippen molar-refractivity contribution in [3.8, 4) is 0 Å². The molecule has 0 N–H and O–H groups in total. The number of carbonyl (C=O) groups is 1. The summed E-state index contributed by atoms with van der Waals surface area (Å²) in [7, 11) is 0. The fourth-order valence-electron chi connectivity index (χ4n) is 3.90. The van der Waals surface area contributed by atoms with E-state index in [0.29, 0.717) is 17.9 Å². The van der Waals surface area contributed by atoms with Gasteiger partial charge in [0, 0.05) is 31.5 Å². The molecular formula is C17H23NO. The van der Waals surface area contributed by atoms with Gasteiger partial charge >= 0.3 is 0 Å². The Kier molecular flexibility index (Phi) is 3.69. The second-order valence-electron chi connectivity index (χ2n) is 6.06. The Labute approximate surface area is 115 Å². The maximum Gasteiger partial charge on any atom is 0.134 e. The maximum absolute atomic E-state index is 11.8. The summed E-state index contributed by atoms with van der Waals surface area (Å²) in [6.45, 7) is 3.29. The molecule has 0 unspecified atom stereocenters. The number of likely N-dealkylation sites (tertiary alicyclic amines) is 1. The number of carbonyl (C=O) groups excluding carboxylic acids is 1. The first kappa shape index (κ1) is 12.9. The lowest BCUT2D eigenvalue weighted by Gasteiger charge is -2.33. The first-order valence-electron chi connectivity index (χ1n) is 7.59. The van der Waals surface area contributed by atoms with Crippen LogP contribution in [0.5, 0.6) is 0 Å². The molecule has 0 aromatic heterocycles. The summed E-state index contributed by atoms with van der Waals surface area (Å²) in [5.74, 6) is 1.22. The predicted octanol–water partition coefficient (Wildman–Crippen LogP) is 3.41. The van der Waals surface area contributed by atoms with Crippen LogP contribution in [0, 0.1) is 5.92 Å². The molecule has 1 saturated heterocycles. The monoisotopic (exact) mass is 257 g/mol. The fraction of sp³-hybridized carbons (Fsp3) is 0.588. The lowest BCUT2D eigenvalue weighted by molar-refractivity contribution is -0.122. The first-order valence-corrected chi connectivity index (χ1v) is 7.59. The van der Waals surface area contributed by atoms with Crippen molar-refractivity contribution in [2.75, 3.05) is 0 Å². The third-order valence-electron chi connectivity index (χ3n) is 4.92. The van der Waals surface area contributed by atoms with Crippen LogP contribution in [0.4, 0.5) is 0 Å². The van der Waals surface area contributed by atoms with E-state index in [1.807, 2.05) is 0 Å². The molecule has 2 fully saturated rings. The summed E-state index contributed by atoms with van der Waals surface area (Å²) >= 11 is 0. The highest BCUT2D eigenvalue weighted by Gasteiger charge is 2.42. The van der Waals surface area contributed by atoms with Crippen LogP contribution in [0.3, 0.4) is 0 Å². The molecular weight excluding hydrogens is 234 g/mol. The molecule has 0 spiro atoms. The molecule has 2 nitrogen and oxygen atoms in total. The molecule has 102 valence electrons. The van der Waals surface area contributed by atoms with Gasteiger partial charge in [-0.3, -0.25) is 9.69 Å². The van der Waals surface area contributed by atoms with Crippen LogP contribution in [-0.4, -0.2) is 22.8 Å². The Balaban J connectivity index is 1.78. The molecule has 3 atom stereocenters. The van der Waals surface area contributed by atoms with Crippen LogP contribution in [0.2, 0.25) is 0 Å². The van der Waals surface area contributed by atoms with Gasteiger partial charge in [-0.05, 0) is 30.7 Å². The van der Waals surface area contributed by atoms with Gasteiger partial charge in [0.05, 0.1) is 0 Å². The van der Waals surface area contributed by atoms with E-state index in [4.69, 9.17) is 0 Å². The Morgan fingerprint density at radius 2 is 2.05 bits per heavy atom. The van der Waals surface area contributed by atoms with E-state index in [1.165, 1.54) is 18.4 Å². The van der Waals surface area contributed by atoms with Crippen molar-refractivity contribution in [1.29, 1.82) is 0 Å². The smallest absolute Gasteiger partial charge is 0.134 e. The second kappa shape index (κ2) is 5.46. The number of benzene rings is 1. The molecule has 1 heterocycles. The minimum absolute atomic E-state index is 0.469. The number of hydrogen-bond acceptors (Lipinski definition) is 2. The van der Waals surface area contributed by atoms with E-state index < -0.39 is 0 Å². The molecule has 3 rings (SSSR count). The Morgan fingerprint density at radius 1 is 1.26 bits per heavy atom. The zero-order chi connectivity index (χ0) is 13.2. The van der Waals surface area contributed by atoms with Gasteiger partial charge in [-0.2, -0.15) is 0 Å². The average molecular weight is 257 g/mol. The van der Waals surface area contributed by atoms with E-state index in [0.717, 1.165) is 31.7 Å². The minimum atomic E-state index is 0.469. The standard InChI is InChI=1S/C17H23NO/c1-2-15-10-14-8-9-16(19)11-17(14)18(15)12-13-6-4-3-5-7-13/h3-7,14-15,17H,2,8-12H2,1H3/t14-,15+,17-/m0/s1. The lowest BCUT2D eigenvalue weighted by Crippen LogP contribution is -2.40. The number of fused-ring (bicyclic) bond motifs is 1. The van der Waals surface area contributed by atoms with Gasteiger partial charge in [0.15, 0.2) is 0 Å². The van der Waals surface area contributed by atoms with Crippen LogP contribution in [0.1, 0.15) is 44.6 Å². The molecule has 0 bridgehead atoms. The van der Waals surface area contributed by atoms with Crippen LogP contribution in [-0.2, 0) is 11.3 Å². The second-order valence-corrected chi connectivity index (χ2v) is 6.06. The molecule has 1 aromatic carbocycles. The molecule has 1 aliphatic heterocycles. The molecule has 1 aliphatic carbocycles. The van der Waals surface area contributed by atoms with Gasteiger partial charge in [-0.25, -0.2) is 0 Å². The van der Waals surface area contributed by atoms with Crippen LogP contribution in [0.25, 0.3) is 0 Å². The topological polar surface area (TPSA) is 20.3 Å². The highest BCUT2D eigenvalue weighted by atomic mass is 16.1. The minimum Gasteiger partial charge on any atom is -0.300 e. The summed E-state index contributed by atoms with van der Waals surface area (Å²) in [5.41, 5.74) is 1.37. The molecule has 2 heteroatoms. The van der Waals surface area contributed by atoms with Gasteiger partial charge in [0.1, 0.15) is 5.78 Å². The number of nitrogens with zero attached hydrogens (tertiary/aromatic N) is 1. The quantitative estimate of drug-likeness (QED) is 0.827. The van der Waals surface area contributed by atoms with Crippen LogP contribution in [0.15, 0.2) is 30.3 Å². The highest BCUT2D eigenvalue weighted by Crippen LogP contribution is 2.40. The largest absolute Gasteiger partial charge is 0.300 e. The van der Waals surface area contributed by atoms with Crippen molar-refractivity contribution in [2.45, 2.75) is 57.7 Å². The molecule has 0 amide bonds. The number of rotatable bonds is 3. The summed E-state index contributed by atoms with van der Waals surface area (Å²) in [6, 6.07) is 11.9. The SMILES string of the molecule is CC[C@@H]1C[C@@H]2CCC(=O)C[C@@H]2N1Cc1ccccc1. The zero-order valence-corrected chi connectivity index (χ0v) is 11.7. The molecule has 19 heavy (non-hydrogen) atoms. The normalized spacial score (nSPS) is 31.4. The van der Waals surface area contributed by atoms with Crippen LogP contribution >= 0.6 is 0 Å². The van der Waals surface area contributed by atoms with Crippen molar-refractivity contribution >= 4 is 5.78 Å². The molecule has 0 radical (unpaired) electrons. The van der Waals surface area contributed by atoms with E-state index in [2.05, 4.69) is 42.2 Å². The van der Waals surface area contributed by atoms with E-state index in [1.54, 1.807) is 0 Å². The average Bonchev–Trinajstić information content (AvgIpc) is 2.78. The van der Waals surface area contributed by atoms with Crippen molar-refractivity contribution in [2.24, 2.45) is 5.92 Å². The van der Waals surface area contributed by atoms with E-state index >= 15 is 0 Å². The summed E-state index contributed by atoms with van der Waals surface area (Å²) in [6.07, 6.45) is 5.21. The number of ketones is 1. The number of Topliss-reactive ketones (excluding diaryl/α,β-unsaturated/α-hetero) is 1. The van der Waals surface area contributed by atoms with Gasteiger partial charge in [0.2, 0.25) is 0 Å². The summed E-state index contributed by atoms with van der Waals surface area (Å²) in [5, 5.41) is 0. The highest BCUT2D eigenvalue weighted by molar-refractivity contribution is 5.80. The van der Waals surface area contributed by atoms with Gasteiger partial charge in [-0.15, -0.1) is 0 Å². The fourth-order valence-corrected chi connectivity index (χ4v) is 3.90. The Bertz CT molecular complexity index is 442. The zero-order valence-electron chi connectivity index (χ0n) is 11.7. The molecule has 1 aromatic rings. The van der Waals surface area contributed by atoms with Crippen molar-refractivity contribution < 1.29 is 4.79 Å². The van der Waals surface area contributed by atoms with E-state index in [-0.39, 0.29) is 0 Å². The van der Waals surface area contributed by atoms with Gasteiger partial charge in [0.25, 0.3) is 0 Å². The first-order chi connectivity index (χ1) is 9.28. The summed E-state index contributed by atoms with van der Waals surface area (Å²) < 4.78 is 0. The Hall–Kier alpha value is -1.15. The predicted molar refractivity (Wildman–Crippen MR) is 76.8 cm³/mol. The van der Waals surface area contributed by atoms with Crippen molar-refractivity contribution in [3.05, 3.63) is 35.9 Å². The maximum atomic E-state index is 11.8. The van der Waals surface area contributed by atoms with Crippen molar-refractivity contribution in [3.63, 3.8) is 0 Å². The molecule has 1 saturated carbocycles. The third kappa shape index (κ3) is 2.59. The van der Waals surface area contributed by atoms with Gasteiger partial charge in [-0.1, -0.05) is 37.3 Å². The number of hydrogen-bond donors (Lipinski definition) is 0. The Morgan fingerprint density at radius 3 is 2.79 bits per heavy atom. The van der Waals surface area contributed by atoms with Crippen LogP contribution < -0.4 is 0 Å². The molecule has 2 aliphatic rings. The third-order valence-corrected chi connectivity index (χ3v) is 4.92.